The summed E-state index contributed by atoms with van der Waals surface area (Å²) in [6.07, 6.45) is 5.95. The first kappa shape index (κ1) is 26.2. The summed E-state index contributed by atoms with van der Waals surface area (Å²) in [6, 6.07) is 8.18. The Balaban J connectivity index is 0.00000420. The smallest absolute Gasteiger partial charge is 0.191 e. The predicted molar refractivity (Wildman–Crippen MR) is 132 cm³/mol. The fraction of sp³-hybridized carbons (Fsp3) is 0.667. The second-order valence-electron chi connectivity index (χ2n) is 7.74. The van der Waals surface area contributed by atoms with E-state index in [0.717, 1.165) is 37.6 Å². The highest BCUT2D eigenvalue weighted by molar-refractivity contribution is 14.0. The van der Waals surface area contributed by atoms with Crippen LogP contribution in [0.2, 0.25) is 0 Å². The Morgan fingerprint density at radius 3 is 2.52 bits per heavy atom. The molecule has 6 nitrogen and oxygen atoms in total. The first-order valence-electron chi connectivity index (χ1n) is 10.4. The molecule has 2 N–H and O–H groups in total. The van der Waals surface area contributed by atoms with Gasteiger partial charge in [-0.2, -0.15) is 0 Å². The number of guanidine groups is 1. The number of halogens is 1. The van der Waals surface area contributed by atoms with Crippen LogP contribution in [0.25, 0.3) is 0 Å². The Morgan fingerprint density at radius 2 is 1.93 bits per heavy atom. The molecular formula is C21H37IN4O2S. The van der Waals surface area contributed by atoms with E-state index in [0.29, 0.717) is 17.0 Å². The first-order valence-corrected chi connectivity index (χ1v) is 12.3. The van der Waals surface area contributed by atoms with Gasteiger partial charge >= 0.3 is 0 Å². The zero-order chi connectivity index (χ0) is 20.6. The van der Waals surface area contributed by atoms with E-state index in [1.165, 1.54) is 32.1 Å². The van der Waals surface area contributed by atoms with E-state index >= 15 is 0 Å². The Bertz CT molecular complexity index is 738. The second-order valence-corrected chi connectivity index (χ2v) is 9.76. The van der Waals surface area contributed by atoms with E-state index in [1.807, 2.05) is 12.1 Å². The second kappa shape index (κ2) is 12.7. The lowest BCUT2D eigenvalue weighted by Gasteiger charge is -2.37. The van der Waals surface area contributed by atoms with Crippen LogP contribution in [-0.2, 0) is 16.3 Å². The highest BCUT2D eigenvalue weighted by Crippen LogP contribution is 2.19. The average molecular weight is 537 g/mol. The van der Waals surface area contributed by atoms with E-state index in [1.54, 1.807) is 12.1 Å². The molecule has 1 aliphatic heterocycles. The van der Waals surface area contributed by atoms with Crippen molar-refractivity contribution in [3.05, 3.63) is 29.8 Å². The third-order valence-electron chi connectivity index (χ3n) is 5.34. The van der Waals surface area contributed by atoms with Crippen molar-refractivity contribution in [2.75, 3.05) is 32.4 Å². The Hall–Kier alpha value is -0.870. The number of nitrogens with one attached hydrogen (secondary N) is 2. The van der Waals surface area contributed by atoms with Crippen LogP contribution < -0.4 is 10.6 Å². The van der Waals surface area contributed by atoms with Gasteiger partial charge in [0.15, 0.2) is 15.8 Å². The number of likely N-dealkylation sites (tertiary alicyclic amines) is 1. The van der Waals surface area contributed by atoms with Crippen molar-refractivity contribution in [2.45, 2.75) is 63.4 Å². The number of nitrogens with zero attached hydrogens (tertiary/aromatic N) is 2. The average Bonchev–Trinajstić information content (AvgIpc) is 2.66. The molecule has 0 spiro atoms. The van der Waals surface area contributed by atoms with Crippen LogP contribution in [-0.4, -0.2) is 63.8 Å². The lowest BCUT2D eigenvalue weighted by molar-refractivity contribution is 0.118. The minimum absolute atomic E-state index is 0. The van der Waals surface area contributed by atoms with Crippen molar-refractivity contribution in [1.29, 1.82) is 0 Å². The lowest BCUT2D eigenvalue weighted by Crippen LogP contribution is -2.45. The number of rotatable bonds is 8. The van der Waals surface area contributed by atoms with Gasteiger partial charge in [-0.25, -0.2) is 8.42 Å². The standard InChI is InChI=1S/C21H36N4O2S.HI/c1-5-22-21(24-16-18(3)25-15-7-6-8-17(25)2)23-14-13-19-9-11-20(12-10-19)28(4,26)27;/h9-12,17-18H,5-8,13-16H2,1-4H3,(H2,22,23,24);1H. The topological polar surface area (TPSA) is 73.8 Å². The van der Waals surface area contributed by atoms with Crippen LogP contribution in [0, 0.1) is 0 Å². The number of sulfone groups is 1. The van der Waals surface area contributed by atoms with Crippen LogP contribution in [0.1, 0.15) is 45.6 Å². The molecule has 0 amide bonds. The van der Waals surface area contributed by atoms with Crippen LogP contribution in [0.3, 0.4) is 0 Å². The molecule has 0 saturated carbocycles. The van der Waals surface area contributed by atoms with Gasteiger partial charge in [-0.3, -0.25) is 9.89 Å². The van der Waals surface area contributed by atoms with Gasteiger partial charge in [0.2, 0.25) is 0 Å². The fourth-order valence-electron chi connectivity index (χ4n) is 3.67. The van der Waals surface area contributed by atoms with E-state index in [2.05, 4.69) is 36.3 Å². The maximum Gasteiger partial charge on any atom is 0.191 e. The molecule has 1 saturated heterocycles. The van der Waals surface area contributed by atoms with Crippen molar-refractivity contribution in [1.82, 2.24) is 15.5 Å². The normalized spacial score (nSPS) is 19.3. The maximum atomic E-state index is 11.5. The molecule has 1 aromatic carbocycles. The molecule has 0 bridgehead atoms. The number of hydrogen-bond donors (Lipinski definition) is 2. The summed E-state index contributed by atoms with van der Waals surface area (Å²) in [7, 11) is -3.14. The molecule has 2 rings (SSSR count). The lowest BCUT2D eigenvalue weighted by atomic mass is 10.0. The molecule has 2 unspecified atom stereocenters. The molecule has 0 aromatic heterocycles. The van der Waals surface area contributed by atoms with Gasteiger partial charge in [0.05, 0.1) is 11.4 Å². The number of hydrogen-bond acceptors (Lipinski definition) is 4. The summed E-state index contributed by atoms with van der Waals surface area (Å²) < 4.78 is 23.1. The molecule has 1 aromatic rings. The van der Waals surface area contributed by atoms with E-state index in [9.17, 15) is 8.42 Å². The van der Waals surface area contributed by atoms with Gasteiger partial charge in [0, 0.05) is 31.4 Å². The molecule has 0 aliphatic carbocycles. The summed E-state index contributed by atoms with van der Waals surface area (Å²) in [4.78, 5) is 7.70. The molecular weight excluding hydrogens is 499 g/mol. The molecule has 8 heteroatoms. The van der Waals surface area contributed by atoms with Gasteiger partial charge in [-0.05, 0) is 64.3 Å². The Labute approximate surface area is 193 Å². The van der Waals surface area contributed by atoms with Gasteiger partial charge in [0.1, 0.15) is 0 Å². The maximum absolute atomic E-state index is 11.5. The van der Waals surface area contributed by atoms with Gasteiger partial charge in [-0.15, -0.1) is 24.0 Å². The largest absolute Gasteiger partial charge is 0.357 e. The fourth-order valence-corrected chi connectivity index (χ4v) is 4.30. The predicted octanol–water partition coefficient (Wildman–Crippen LogP) is 3.07. The van der Waals surface area contributed by atoms with E-state index < -0.39 is 9.84 Å². The quantitative estimate of drug-likeness (QED) is 0.304. The minimum Gasteiger partial charge on any atom is -0.357 e. The highest BCUT2D eigenvalue weighted by Gasteiger charge is 2.22. The summed E-state index contributed by atoms with van der Waals surface area (Å²) >= 11 is 0. The Kier molecular flexibility index (Phi) is 11.5. The summed E-state index contributed by atoms with van der Waals surface area (Å²) in [5.74, 6) is 0.840. The van der Waals surface area contributed by atoms with Crippen LogP contribution in [0.4, 0.5) is 0 Å². The summed E-state index contributed by atoms with van der Waals surface area (Å²) in [5, 5.41) is 6.69. The van der Waals surface area contributed by atoms with Crippen LogP contribution in [0.5, 0.6) is 0 Å². The van der Waals surface area contributed by atoms with Crippen molar-refractivity contribution in [3.8, 4) is 0 Å². The first-order chi connectivity index (χ1) is 13.3. The third kappa shape index (κ3) is 8.80. The van der Waals surface area contributed by atoms with Gasteiger partial charge in [-0.1, -0.05) is 18.6 Å². The van der Waals surface area contributed by atoms with Crippen molar-refractivity contribution < 1.29 is 8.42 Å². The molecule has 1 aliphatic rings. The molecule has 1 fully saturated rings. The van der Waals surface area contributed by atoms with Crippen LogP contribution >= 0.6 is 24.0 Å². The minimum atomic E-state index is -3.14. The van der Waals surface area contributed by atoms with Crippen molar-refractivity contribution >= 4 is 39.8 Å². The third-order valence-corrected chi connectivity index (χ3v) is 6.46. The monoisotopic (exact) mass is 536 g/mol. The van der Waals surface area contributed by atoms with E-state index in [-0.39, 0.29) is 24.0 Å². The SMILES string of the molecule is CCNC(=NCC(C)N1CCCCC1C)NCCc1ccc(S(C)(=O)=O)cc1.I. The highest BCUT2D eigenvalue weighted by atomic mass is 127. The number of aliphatic imine (C=N–C) groups is 1. The zero-order valence-electron chi connectivity index (χ0n) is 18.1. The Morgan fingerprint density at radius 1 is 1.24 bits per heavy atom. The number of piperidine rings is 1. The number of benzene rings is 1. The summed E-state index contributed by atoms with van der Waals surface area (Å²) in [6.45, 7) is 10.2. The van der Waals surface area contributed by atoms with E-state index in [4.69, 9.17) is 4.99 Å². The van der Waals surface area contributed by atoms with Gasteiger partial charge < -0.3 is 10.6 Å². The molecule has 166 valence electrons. The zero-order valence-corrected chi connectivity index (χ0v) is 21.3. The van der Waals surface area contributed by atoms with Gasteiger partial charge in [0.25, 0.3) is 0 Å². The molecule has 1 heterocycles. The van der Waals surface area contributed by atoms with Crippen LogP contribution in [0.15, 0.2) is 34.2 Å². The summed E-state index contributed by atoms with van der Waals surface area (Å²) in [5.41, 5.74) is 1.10. The molecule has 29 heavy (non-hydrogen) atoms. The van der Waals surface area contributed by atoms with Crippen molar-refractivity contribution in [2.24, 2.45) is 4.99 Å². The molecule has 0 radical (unpaired) electrons. The molecule has 2 atom stereocenters. The van der Waals surface area contributed by atoms with Crippen molar-refractivity contribution in [3.63, 3.8) is 0 Å².